The molecule has 108 valence electrons. The highest BCUT2D eigenvalue weighted by Gasteiger charge is 2.25. The standard InChI is InChI=1S/C12H13F2N3O3/c1-16-3-2-7(4-11(16)18)15-12-9(13)5-8(17(19)20)6-10(12)14/h5-7,15H,2-4H2,1H3. The summed E-state index contributed by atoms with van der Waals surface area (Å²) < 4.78 is 27.4. The molecule has 1 amide bonds. The van der Waals surface area contributed by atoms with Gasteiger partial charge < -0.3 is 10.2 Å². The van der Waals surface area contributed by atoms with Gasteiger partial charge in [0.05, 0.1) is 17.1 Å². The van der Waals surface area contributed by atoms with Gasteiger partial charge >= 0.3 is 0 Å². The molecule has 1 aromatic rings. The third-order valence-corrected chi connectivity index (χ3v) is 3.25. The zero-order valence-electron chi connectivity index (χ0n) is 10.7. The molecule has 1 atom stereocenters. The second-order valence-corrected chi connectivity index (χ2v) is 4.69. The van der Waals surface area contributed by atoms with E-state index in [1.165, 1.54) is 0 Å². The van der Waals surface area contributed by atoms with Gasteiger partial charge in [-0.1, -0.05) is 0 Å². The topological polar surface area (TPSA) is 75.5 Å². The summed E-state index contributed by atoms with van der Waals surface area (Å²) in [6.07, 6.45) is 0.685. The summed E-state index contributed by atoms with van der Waals surface area (Å²) in [5.41, 5.74) is -1.08. The van der Waals surface area contributed by atoms with Crippen molar-refractivity contribution >= 4 is 17.3 Å². The Morgan fingerprint density at radius 2 is 2.00 bits per heavy atom. The highest BCUT2D eigenvalue weighted by molar-refractivity contribution is 5.78. The largest absolute Gasteiger partial charge is 0.377 e. The summed E-state index contributed by atoms with van der Waals surface area (Å²) in [5.74, 6) is -2.19. The predicted molar refractivity (Wildman–Crippen MR) is 67.3 cm³/mol. The molecule has 6 nitrogen and oxygen atoms in total. The van der Waals surface area contributed by atoms with E-state index in [-0.39, 0.29) is 18.4 Å². The number of carbonyl (C=O) groups is 1. The summed E-state index contributed by atoms with van der Waals surface area (Å²) >= 11 is 0. The Morgan fingerprint density at radius 3 is 2.50 bits per heavy atom. The van der Waals surface area contributed by atoms with Crippen molar-refractivity contribution in [3.63, 3.8) is 0 Å². The second kappa shape index (κ2) is 5.40. The fraction of sp³-hybridized carbons (Fsp3) is 0.417. The highest BCUT2D eigenvalue weighted by Crippen LogP contribution is 2.27. The van der Waals surface area contributed by atoms with Gasteiger partial charge in [-0.05, 0) is 6.42 Å². The molecular formula is C12H13F2N3O3. The molecule has 1 N–H and O–H groups in total. The smallest absolute Gasteiger partial charge is 0.275 e. The molecule has 1 heterocycles. The zero-order valence-corrected chi connectivity index (χ0v) is 10.7. The Kier molecular flexibility index (Phi) is 3.82. The van der Waals surface area contributed by atoms with E-state index in [1.807, 2.05) is 0 Å². The quantitative estimate of drug-likeness (QED) is 0.680. The van der Waals surface area contributed by atoms with E-state index in [1.54, 1.807) is 11.9 Å². The Labute approximate surface area is 113 Å². The van der Waals surface area contributed by atoms with Crippen molar-refractivity contribution in [2.75, 3.05) is 18.9 Å². The number of piperidine rings is 1. The van der Waals surface area contributed by atoms with Crippen molar-refractivity contribution in [1.82, 2.24) is 4.90 Å². The van der Waals surface area contributed by atoms with E-state index in [0.29, 0.717) is 25.1 Å². The summed E-state index contributed by atoms with van der Waals surface area (Å²) in [4.78, 5) is 22.7. The first-order valence-electron chi connectivity index (χ1n) is 6.02. The number of nitro benzene ring substituents is 1. The first kappa shape index (κ1) is 14.2. The number of anilines is 1. The molecule has 0 saturated carbocycles. The van der Waals surface area contributed by atoms with Crippen LogP contribution in [0.1, 0.15) is 12.8 Å². The minimum Gasteiger partial charge on any atom is -0.377 e. The Balaban J connectivity index is 2.18. The minimum absolute atomic E-state index is 0.114. The number of halogens is 2. The number of hydrogen-bond donors (Lipinski definition) is 1. The Bertz CT molecular complexity index is 542. The van der Waals surface area contributed by atoms with Crippen LogP contribution < -0.4 is 5.32 Å². The molecule has 1 aromatic carbocycles. The monoisotopic (exact) mass is 285 g/mol. The molecule has 8 heteroatoms. The van der Waals surface area contributed by atoms with Crippen molar-refractivity contribution < 1.29 is 18.5 Å². The molecule has 1 aliphatic heterocycles. The van der Waals surface area contributed by atoms with Crippen LogP contribution in [0, 0.1) is 21.7 Å². The third-order valence-electron chi connectivity index (χ3n) is 3.25. The lowest BCUT2D eigenvalue weighted by Gasteiger charge is -2.30. The van der Waals surface area contributed by atoms with Crippen molar-refractivity contribution in [2.45, 2.75) is 18.9 Å². The van der Waals surface area contributed by atoms with E-state index in [0.717, 1.165) is 0 Å². The summed E-state index contributed by atoms with van der Waals surface area (Å²) in [6.45, 7) is 0.493. The number of benzene rings is 1. The molecule has 0 aliphatic carbocycles. The molecule has 0 aromatic heterocycles. The van der Waals surface area contributed by atoms with E-state index in [4.69, 9.17) is 0 Å². The van der Waals surface area contributed by atoms with Crippen LogP contribution in [-0.4, -0.2) is 35.4 Å². The average molecular weight is 285 g/mol. The first-order chi connectivity index (χ1) is 9.38. The molecule has 0 bridgehead atoms. The zero-order chi connectivity index (χ0) is 14.9. The van der Waals surface area contributed by atoms with E-state index in [9.17, 15) is 23.7 Å². The number of nitro groups is 1. The van der Waals surface area contributed by atoms with Crippen LogP contribution in [0.25, 0.3) is 0 Å². The average Bonchev–Trinajstić information content (AvgIpc) is 2.37. The van der Waals surface area contributed by atoms with Gasteiger partial charge in [0, 0.05) is 26.1 Å². The number of nitrogens with zero attached hydrogens (tertiary/aromatic N) is 2. The van der Waals surface area contributed by atoms with Crippen molar-refractivity contribution in [3.8, 4) is 0 Å². The number of non-ortho nitro benzene ring substituents is 1. The molecule has 2 rings (SSSR count). The molecule has 1 aliphatic rings. The van der Waals surface area contributed by atoms with E-state index < -0.39 is 27.9 Å². The fourth-order valence-corrected chi connectivity index (χ4v) is 2.07. The number of hydrogen-bond acceptors (Lipinski definition) is 4. The van der Waals surface area contributed by atoms with Crippen molar-refractivity contribution in [2.24, 2.45) is 0 Å². The van der Waals surface area contributed by atoms with E-state index in [2.05, 4.69) is 5.32 Å². The number of nitrogens with one attached hydrogen (secondary N) is 1. The van der Waals surface area contributed by atoms with Crippen LogP contribution in [0.4, 0.5) is 20.2 Å². The van der Waals surface area contributed by atoms with Crippen LogP contribution in [0.3, 0.4) is 0 Å². The Morgan fingerprint density at radius 1 is 1.40 bits per heavy atom. The molecular weight excluding hydrogens is 272 g/mol. The van der Waals surface area contributed by atoms with Gasteiger partial charge in [0.1, 0.15) is 5.69 Å². The van der Waals surface area contributed by atoms with Gasteiger partial charge in [-0.2, -0.15) is 0 Å². The maximum Gasteiger partial charge on any atom is 0.275 e. The normalized spacial score (nSPS) is 19.1. The highest BCUT2D eigenvalue weighted by atomic mass is 19.1. The molecule has 0 radical (unpaired) electrons. The van der Waals surface area contributed by atoms with Crippen LogP contribution in [-0.2, 0) is 4.79 Å². The maximum atomic E-state index is 13.7. The number of likely N-dealkylation sites (tertiary alicyclic amines) is 1. The summed E-state index contributed by atoms with van der Waals surface area (Å²) in [6, 6.07) is 0.925. The van der Waals surface area contributed by atoms with Crippen LogP contribution in [0.2, 0.25) is 0 Å². The van der Waals surface area contributed by atoms with Gasteiger partial charge in [0.15, 0.2) is 11.6 Å². The van der Waals surface area contributed by atoms with Crippen LogP contribution >= 0.6 is 0 Å². The first-order valence-corrected chi connectivity index (χ1v) is 6.02. The molecule has 1 unspecified atom stereocenters. The molecule has 1 saturated heterocycles. The number of carbonyl (C=O) groups excluding carboxylic acids is 1. The number of amides is 1. The van der Waals surface area contributed by atoms with Gasteiger partial charge in [0.25, 0.3) is 5.69 Å². The minimum atomic E-state index is -1.04. The van der Waals surface area contributed by atoms with Crippen molar-refractivity contribution in [3.05, 3.63) is 33.9 Å². The lowest BCUT2D eigenvalue weighted by Crippen LogP contribution is -2.41. The number of rotatable bonds is 3. The molecule has 1 fully saturated rings. The third kappa shape index (κ3) is 2.84. The van der Waals surface area contributed by atoms with Gasteiger partial charge in [0.2, 0.25) is 5.91 Å². The maximum absolute atomic E-state index is 13.7. The van der Waals surface area contributed by atoms with Gasteiger partial charge in [-0.3, -0.25) is 14.9 Å². The van der Waals surface area contributed by atoms with Crippen LogP contribution in [0.15, 0.2) is 12.1 Å². The SMILES string of the molecule is CN1CCC(Nc2c(F)cc([N+](=O)[O-])cc2F)CC1=O. The second-order valence-electron chi connectivity index (χ2n) is 4.69. The molecule has 0 spiro atoms. The van der Waals surface area contributed by atoms with Crippen molar-refractivity contribution in [1.29, 1.82) is 0 Å². The predicted octanol–water partition coefficient (Wildman–Crippen LogP) is 1.91. The van der Waals surface area contributed by atoms with Crippen LogP contribution in [0.5, 0.6) is 0 Å². The Hall–Kier alpha value is -2.25. The lowest BCUT2D eigenvalue weighted by atomic mass is 10.0. The molecule has 20 heavy (non-hydrogen) atoms. The van der Waals surface area contributed by atoms with Gasteiger partial charge in [-0.15, -0.1) is 0 Å². The van der Waals surface area contributed by atoms with E-state index >= 15 is 0 Å². The summed E-state index contributed by atoms with van der Waals surface area (Å²) in [7, 11) is 1.66. The van der Waals surface area contributed by atoms with Gasteiger partial charge in [-0.25, -0.2) is 8.78 Å². The summed E-state index contributed by atoms with van der Waals surface area (Å²) in [5, 5.41) is 13.1. The lowest BCUT2D eigenvalue weighted by molar-refractivity contribution is -0.385. The fourth-order valence-electron chi connectivity index (χ4n) is 2.07.